The second-order valence-corrected chi connectivity index (χ2v) is 8.71. The van der Waals surface area contributed by atoms with E-state index in [1.165, 1.54) is 75.5 Å². The SMILES string of the molecule is c1c2c(cc3c1Oc1cc4c(c5c1B3c1cc3c(cc1O5)CC3)CC4)CC2. The van der Waals surface area contributed by atoms with Crippen LogP contribution in [0.25, 0.3) is 0 Å². The fourth-order valence-electron chi connectivity index (χ4n) is 5.62. The smallest absolute Gasteiger partial charge is 0.260 e. The molecule has 0 unspecified atom stereocenters. The van der Waals surface area contributed by atoms with Crippen LogP contribution in [0.1, 0.15) is 33.4 Å². The minimum atomic E-state index is 0.255. The average molecular weight is 348 g/mol. The molecule has 2 aliphatic heterocycles. The fraction of sp³-hybridized carbons (Fsp3) is 0.250. The molecule has 3 heteroatoms. The van der Waals surface area contributed by atoms with Crippen LogP contribution in [0.4, 0.5) is 0 Å². The number of aryl methyl sites for hydroxylation is 5. The van der Waals surface area contributed by atoms with Crippen LogP contribution in [0.15, 0.2) is 30.3 Å². The van der Waals surface area contributed by atoms with E-state index in [1.807, 2.05) is 0 Å². The van der Waals surface area contributed by atoms with Gasteiger partial charge in [-0.2, -0.15) is 0 Å². The van der Waals surface area contributed by atoms with Crippen molar-refractivity contribution in [3.63, 3.8) is 0 Å². The Morgan fingerprint density at radius 2 is 1.11 bits per heavy atom. The van der Waals surface area contributed by atoms with Crippen LogP contribution in [-0.2, 0) is 38.5 Å². The third-order valence-corrected chi connectivity index (χ3v) is 7.46. The van der Waals surface area contributed by atoms with Crippen molar-refractivity contribution >= 4 is 23.1 Å². The molecule has 0 radical (unpaired) electrons. The van der Waals surface area contributed by atoms with E-state index < -0.39 is 0 Å². The van der Waals surface area contributed by atoms with Crippen LogP contribution in [0.5, 0.6) is 23.0 Å². The van der Waals surface area contributed by atoms with E-state index in [1.54, 1.807) is 0 Å². The highest BCUT2D eigenvalue weighted by Gasteiger charge is 2.44. The molecule has 0 saturated carbocycles. The lowest BCUT2D eigenvalue weighted by molar-refractivity contribution is 0.452. The van der Waals surface area contributed by atoms with E-state index >= 15 is 0 Å². The third-order valence-electron chi connectivity index (χ3n) is 7.46. The van der Waals surface area contributed by atoms with Gasteiger partial charge in [-0.05, 0) is 101 Å². The van der Waals surface area contributed by atoms with Crippen molar-refractivity contribution in [2.45, 2.75) is 38.5 Å². The molecule has 0 bridgehead atoms. The Bertz CT molecular complexity index is 1230. The summed E-state index contributed by atoms with van der Waals surface area (Å²) in [6.07, 6.45) is 7.05. The molecule has 5 aliphatic rings. The van der Waals surface area contributed by atoms with Gasteiger partial charge < -0.3 is 9.47 Å². The summed E-state index contributed by atoms with van der Waals surface area (Å²) in [5.41, 5.74) is 12.7. The first kappa shape index (κ1) is 13.5. The lowest BCUT2D eigenvalue weighted by Crippen LogP contribution is -2.58. The van der Waals surface area contributed by atoms with Crippen LogP contribution in [0.2, 0.25) is 0 Å². The quantitative estimate of drug-likeness (QED) is 0.401. The Morgan fingerprint density at radius 3 is 1.70 bits per heavy atom. The van der Waals surface area contributed by atoms with Crippen molar-refractivity contribution < 1.29 is 9.47 Å². The molecule has 0 atom stereocenters. The van der Waals surface area contributed by atoms with Gasteiger partial charge in [-0.1, -0.05) is 12.1 Å². The Labute approximate surface area is 158 Å². The zero-order valence-corrected chi connectivity index (χ0v) is 15.0. The molecule has 2 heterocycles. The Hall–Kier alpha value is -2.68. The number of fused-ring (bicyclic) bond motifs is 8. The van der Waals surface area contributed by atoms with Crippen LogP contribution in [0, 0.1) is 0 Å². The zero-order valence-electron chi connectivity index (χ0n) is 15.0. The highest BCUT2D eigenvalue weighted by atomic mass is 16.5. The van der Waals surface area contributed by atoms with Gasteiger partial charge in [-0.15, -0.1) is 0 Å². The van der Waals surface area contributed by atoms with Gasteiger partial charge in [0, 0.05) is 5.46 Å². The van der Waals surface area contributed by atoms with Crippen molar-refractivity contribution in [2.75, 3.05) is 0 Å². The largest absolute Gasteiger partial charge is 0.458 e. The van der Waals surface area contributed by atoms with E-state index in [0.29, 0.717) is 0 Å². The summed E-state index contributed by atoms with van der Waals surface area (Å²) in [6, 6.07) is 11.7. The van der Waals surface area contributed by atoms with Gasteiger partial charge in [0.1, 0.15) is 23.0 Å². The minimum Gasteiger partial charge on any atom is -0.458 e. The van der Waals surface area contributed by atoms with Gasteiger partial charge in [0.2, 0.25) is 0 Å². The molecule has 3 aromatic rings. The predicted octanol–water partition coefficient (Wildman–Crippen LogP) is 2.71. The molecule has 3 aliphatic carbocycles. The molecule has 128 valence electrons. The van der Waals surface area contributed by atoms with E-state index in [0.717, 1.165) is 35.8 Å². The Morgan fingerprint density at radius 1 is 0.556 bits per heavy atom. The van der Waals surface area contributed by atoms with Crippen molar-refractivity contribution in [2.24, 2.45) is 0 Å². The first-order chi connectivity index (χ1) is 13.3. The lowest BCUT2D eigenvalue weighted by atomic mass is 9.34. The molecule has 0 saturated heterocycles. The summed E-state index contributed by atoms with van der Waals surface area (Å²) in [5.74, 6) is 4.26. The normalized spacial score (nSPS) is 18.0. The summed E-state index contributed by atoms with van der Waals surface area (Å²) < 4.78 is 13.0. The minimum absolute atomic E-state index is 0.255. The van der Waals surface area contributed by atoms with Gasteiger partial charge >= 0.3 is 0 Å². The maximum Gasteiger partial charge on any atom is 0.260 e. The van der Waals surface area contributed by atoms with Gasteiger partial charge in [0.05, 0.1) is 0 Å². The molecule has 0 spiro atoms. The molecular weight excluding hydrogens is 331 g/mol. The molecule has 8 rings (SSSR count). The number of hydrogen-bond donors (Lipinski definition) is 0. The molecule has 2 nitrogen and oxygen atoms in total. The second-order valence-electron chi connectivity index (χ2n) is 8.71. The third kappa shape index (κ3) is 1.49. The van der Waals surface area contributed by atoms with Crippen molar-refractivity contribution in [3.05, 3.63) is 63.7 Å². The van der Waals surface area contributed by atoms with Crippen LogP contribution in [0.3, 0.4) is 0 Å². The number of ether oxygens (including phenoxy) is 2. The molecule has 0 aromatic heterocycles. The van der Waals surface area contributed by atoms with Crippen LogP contribution in [-0.4, -0.2) is 6.71 Å². The average Bonchev–Trinajstić information content (AvgIpc) is 2.61. The van der Waals surface area contributed by atoms with Gasteiger partial charge in [0.25, 0.3) is 6.71 Å². The van der Waals surface area contributed by atoms with Crippen molar-refractivity contribution in [1.29, 1.82) is 0 Å². The molecule has 0 fully saturated rings. The van der Waals surface area contributed by atoms with Gasteiger partial charge in [-0.3, -0.25) is 0 Å². The maximum atomic E-state index is 6.56. The van der Waals surface area contributed by atoms with Crippen molar-refractivity contribution in [1.82, 2.24) is 0 Å². The predicted molar refractivity (Wildman–Crippen MR) is 106 cm³/mol. The number of benzene rings is 3. The molecule has 0 amide bonds. The zero-order chi connectivity index (χ0) is 17.3. The molecule has 0 N–H and O–H groups in total. The van der Waals surface area contributed by atoms with Gasteiger partial charge in [0.15, 0.2) is 0 Å². The molecule has 3 aromatic carbocycles. The van der Waals surface area contributed by atoms with E-state index in [2.05, 4.69) is 30.3 Å². The standard InChI is InChI=1S/C24H17BO2/c1-3-14-9-20-18(7-12(1)14)25-19-8-13-2-4-15(13)10-21(19)27-24-17-6-5-16(17)11-22(26-20)23(24)25/h7-11H,1-6H2. The first-order valence-electron chi connectivity index (χ1n) is 10.2. The molecular formula is C24H17BO2. The molecule has 27 heavy (non-hydrogen) atoms. The summed E-state index contributed by atoms with van der Waals surface area (Å²) in [6.45, 7) is 0.255. The first-order valence-corrected chi connectivity index (χ1v) is 10.2. The van der Waals surface area contributed by atoms with Gasteiger partial charge in [-0.25, -0.2) is 0 Å². The fourth-order valence-corrected chi connectivity index (χ4v) is 5.62. The van der Waals surface area contributed by atoms with Crippen molar-refractivity contribution in [3.8, 4) is 23.0 Å². The summed E-state index contributed by atoms with van der Waals surface area (Å²) in [5, 5.41) is 0. The Kier molecular flexibility index (Phi) is 2.12. The highest BCUT2D eigenvalue weighted by Crippen LogP contribution is 2.44. The Balaban J connectivity index is 1.48. The van der Waals surface area contributed by atoms with E-state index in [9.17, 15) is 0 Å². The topological polar surface area (TPSA) is 18.5 Å². The van der Waals surface area contributed by atoms with E-state index in [4.69, 9.17) is 9.47 Å². The summed E-state index contributed by atoms with van der Waals surface area (Å²) in [7, 11) is 0. The summed E-state index contributed by atoms with van der Waals surface area (Å²) >= 11 is 0. The van der Waals surface area contributed by atoms with E-state index in [-0.39, 0.29) is 6.71 Å². The number of hydrogen-bond acceptors (Lipinski definition) is 2. The summed E-state index contributed by atoms with van der Waals surface area (Å²) in [4.78, 5) is 0. The second kappa shape index (κ2) is 4.25. The maximum absolute atomic E-state index is 6.56. The lowest BCUT2D eigenvalue weighted by Gasteiger charge is -2.39. The van der Waals surface area contributed by atoms with Crippen LogP contribution < -0.4 is 25.9 Å². The monoisotopic (exact) mass is 348 g/mol. The van der Waals surface area contributed by atoms with Crippen LogP contribution >= 0.6 is 0 Å². The highest BCUT2D eigenvalue weighted by molar-refractivity contribution is 6.98. The number of rotatable bonds is 0.